The van der Waals surface area contributed by atoms with Crippen molar-refractivity contribution in [2.75, 3.05) is 7.11 Å². The van der Waals surface area contributed by atoms with Gasteiger partial charge in [-0.3, -0.25) is 0 Å². The number of ether oxygens (including phenoxy) is 1. The maximum absolute atomic E-state index is 10.2. The quantitative estimate of drug-likeness (QED) is 0.916. The summed E-state index contributed by atoms with van der Waals surface area (Å²) in [6.07, 6.45) is 0.115. The SMILES string of the molecule is COc1ccc(Br)c(CC(O)c2ccc(C)s2)c1. The summed E-state index contributed by atoms with van der Waals surface area (Å²) < 4.78 is 6.20. The molecule has 4 heteroatoms. The molecule has 2 aromatic rings. The number of hydrogen-bond donors (Lipinski definition) is 1. The van der Waals surface area contributed by atoms with Crippen LogP contribution < -0.4 is 4.74 Å². The van der Waals surface area contributed by atoms with Crippen molar-refractivity contribution in [3.05, 3.63) is 50.1 Å². The highest BCUT2D eigenvalue weighted by molar-refractivity contribution is 9.10. The summed E-state index contributed by atoms with van der Waals surface area (Å²) in [5, 5.41) is 10.2. The first-order valence-electron chi connectivity index (χ1n) is 5.67. The second-order valence-corrected chi connectivity index (χ2v) is 6.30. The van der Waals surface area contributed by atoms with E-state index in [-0.39, 0.29) is 0 Å². The molecule has 0 spiro atoms. The maximum Gasteiger partial charge on any atom is 0.119 e. The van der Waals surface area contributed by atoms with E-state index in [2.05, 4.69) is 15.9 Å². The molecule has 0 fully saturated rings. The van der Waals surface area contributed by atoms with E-state index in [0.29, 0.717) is 6.42 Å². The van der Waals surface area contributed by atoms with Crippen LogP contribution in [0.25, 0.3) is 0 Å². The fourth-order valence-corrected chi connectivity index (χ4v) is 3.05. The van der Waals surface area contributed by atoms with Crippen LogP contribution in [-0.4, -0.2) is 12.2 Å². The van der Waals surface area contributed by atoms with Gasteiger partial charge in [0.2, 0.25) is 0 Å². The molecule has 1 aromatic heterocycles. The summed E-state index contributed by atoms with van der Waals surface area (Å²) in [4.78, 5) is 2.22. The van der Waals surface area contributed by atoms with Gasteiger partial charge in [0.15, 0.2) is 0 Å². The van der Waals surface area contributed by atoms with Crippen LogP contribution in [-0.2, 0) is 6.42 Å². The van der Waals surface area contributed by atoms with Gasteiger partial charge in [0.25, 0.3) is 0 Å². The van der Waals surface area contributed by atoms with Crippen LogP contribution in [0.15, 0.2) is 34.8 Å². The highest BCUT2D eigenvalue weighted by atomic mass is 79.9. The number of methoxy groups -OCH3 is 1. The van der Waals surface area contributed by atoms with Crippen molar-refractivity contribution in [2.45, 2.75) is 19.4 Å². The summed E-state index contributed by atoms with van der Waals surface area (Å²) in [5.74, 6) is 0.808. The van der Waals surface area contributed by atoms with Gasteiger partial charge in [-0.05, 0) is 42.8 Å². The molecule has 1 atom stereocenters. The molecular formula is C14H15BrO2S. The molecule has 18 heavy (non-hydrogen) atoms. The molecule has 1 unspecified atom stereocenters. The van der Waals surface area contributed by atoms with Crippen molar-refractivity contribution in [3.63, 3.8) is 0 Å². The third kappa shape index (κ3) is 3.13. The molecular weight excluding hydrogens is 312 g/mol. The van der Waals surface area contributed by atoms with Crippen molar-refractivity contribution in [3.8, 4) is 5.75 Å². The second kappa shape index (κ2) is 5.87. The molecule has 2 rings (SSSR count). The minimum absolute atomic E-state index is 0.466. The Bertz CT molecular complexity index is 536. The van der Waals surface area contributed by atoms with Gasteiger partial charge in [0.1, 0.15) is 5.75 Å². The third-order valence-corrected chi connectivity index (χ3v) is 4.63. The van der Waals surface area contributed by atoms with Crippen LogP contribution in [0.4, 0.5) is 0 Å². The Hall–Kier alpha value is -0.840. The topological polar surface area (TPSA) is 29.5 Å². The van der Waals surface area contributed by atoms with E-state index in [1.165, 1.54) is 4.88 Å². The molecule has 0 saturated carbocycles. The molecule has 0 aliphatic carbocycles. The van der Waals surface area contributed by atoms with Crippen molar-refractivity contribution < 1.29 is 9.84 Å². The Morgan fingerprint density at radius 1 is 1.33 bits per heavy atom. The van der Waals surface area contributed by atoms with Gasteiger partial charge in [-0.25, -0.2) is 0 Å². The van der Waals surface area contributed by atoms with E-state index >= 15 is 0 Å². The van der Waals surface area contributed by atoms with Crippen molar-refractivity contribution in [1.29, 1.82) is 0 Å². The van der Waals surface area contributed by atoms with Crippen LogP contribution >= 0.6 is 27.3 Å². The normalized spacial score (nSPS) is 12.4. The first-order valence-corrected chi connectivity index (χ1v) is 7.28. The molecule has 0 radical (unpaired) electrons. The van der Waals surface area contributed by atoms with Crippen LogP contribution in [0.1, 0.15) is 21.4 Å². The van der Waals surface area contributed by atoms with Gasteiger partial charge in [-0.2, -0.15) is 0 Å². The van der Waals surface area contributed by atoms with Crippen molar-refractivity contribution in [2.24, 2.45) is 0 Å². The Kier molecular flexibility index (Phi) is 4.43. The van der Waals surface area contributed by atoms with Gasteiger partial charge in [-0.15, -0.1) is 11.3 Å². The van der Waals surface area contributed by atoms with E-state index in [0.717, 1.165) is 20.7 Å². The maximum atomic E-state index is 10.2. The fourth-order valence-electron chi connectivity index (χ4n) is 1.78. The number of aliphatic hydroxyl groups excluding tert-OH is 1. The summed E-state index contributed by atoms with van der Waals surface area (Å²) in [6, 6.07) is 9.81. The van der Waals surface area contributed by atoms with Crippen LogP contribution in [0.3, 0.4) is 0 Å². The van der Waals surface area contributed by atoms with Crippen molar-refractivity contribution in [1.82, 2.24) is 0 Å². The molecule has 0 aliphatic heterocycles. The zero-order chi connectivity index (χ0) is 13.1. The van der Waals surface area contributed by atoms with Crippen LogP contribution in [0.2, 0.25) is 0 Å². The zero-order valence-electron chi connectivity index (χ0n) is 10.3. The summed E-state index contributed by atoms with van der Waals surface area (Å²) in [5.41, 5.74) is 1.05. The molecule has 2 nitrogen and oxygen atoms in total. The largest absolute Gasteiger partial charge is 0.497 e. The molecule has 96 valence electrons. The van der Waals surface area contributed by atoms with Crippen molar-refractivity contribution >= 4 is 27.3 Å². The van der Waals surface area contributed by atoms with Crippen LogP contribution in [0.5, 0.6) is 5.75 Å². The van der Waals surface area contributed by atoms with E-state index in [1.807, 2.05) is 37.3 Å². The lowest BCUT2D eigenvalue weighted by Gasteiger charge is -2.11. The van der Waals surface area contributed by atoms with Gasteiger partial charge >= 0.3 is 0 Å². The summed E-state index contributed by atoms with van der Waals surface area (Å²) >= 11 is 5.14. The molecule has 1 aromatic carbocycles. The average molecular weight is 327 g/mol. The smallest absolute Gasteiger partial charge is 0.119 e. The van der Waals surface area contributed by atoms with E-state index in [9.17, 15) is 5.11 Å². The Morgan fingerprint density at radius 3 is 2.72 bits per heavy atom. The first kappa shape index (κ1) is 13.6. The number of aryl methyl sites for hydroxylation is 1. The monoisotopic (exact) mass is 326 g/mol. The number of thiophene rings is 1. The van der Waals surface area contributed by atoms with Gasteiger partial charge in [0.05, 0.1) is 13.2 Å². The second-order valence-electron chi connectivity index (χ2n) is 4.13. The van der Waals surface area contributed by atoms with Gasteiger partial charge in [0, 0.05) is 20.6 Å². The highest BCUT2D eigenvalue weighted by Crippen LogP contribution is 2.30. The number of hydrogen-bond acceptors (Lipinski definition) is 3. The average Bonchev–Trinajstić information content (AvgIpc) is 2.79. The van der Waals surface area contributed by atoms with Gasteiger partial charge in [-0.1, -0.05) is 15.9 Å². The molecule has 1 heterocycles. The molecule has 0 saturated heterocycles. The first-order chi connectivity index (χ1) is 8.60. The minimum atomic E-state index is -0.466. The zero-order valence-corrected chi connectivity index (χ0v) is 12.7. The van der Waals surface area contributed by atoms with E-state index in [4.69, 9.17) is 4.74 Å². The molecule has 1 N–H and O–H groups in total. The predicted octanol–water partition coefficient (Wildman–Crippen LogP) is 4.10. The third-order valence-electron chi connectivity index (χ3n) is 2.76. The highest BCUT2D eigenvalue weighted by Gasteiger charge is 2.13. The summed E-state index contributed by atoms with van der Waals surface area (Å²) in [7, 11) is 1.64. The summed E-state index contributed by atoms with van der Waals surface area (Å²) in [6.45, 7) is 2.04. The van der Waals surface area contributed by atoms with Crippen LogP contribution in [0, 0.1) is 6.92 Å². The van der Waals surface area contributed by atoms with E-state index < -0.39 is 6.10 Å². The number of benzene rings is 1. The molecule has 0 amide bonds. The number of halogens is 1. The Balaban J connectivity index is 2.18. The van der Waals surface area contributed by atoms with Gasteiger partial charge < -0.3 is 9.84 Å². The minimum Gasteiger partial charge on any atom is -0.497 e. The standard InChI is InChI=1S/C14H15BrO2S/c1-9-3-6-14(18-9)13(16)8-10-7-11(17-2)4-5-12(10)15/h3-7,13,16H,8H2,1-2H3. The number of aliphatic hydroxyl groups is 1. The Labute approximate surface area is 119 Å². The lowest BCUT2D eigenvalue weighted by Crippen LogP contribution is -2.00. The molecule has 0 aliphatic rings. The lowest BCUT2D eigenvalue weighted by atomic mass is 10.1. The lowest BCUT2D eigenvalue weighted by molar-refractivity contribution is 0.182. The Morgan fingerprint density at radius 2 is 2.11 bits per heavy atom. The predicted molar refractivity (Wildman–Crippen MR) is 78.4 cm³/mol. The molecule has 0 bridgehead atoms. The van der Waals surface area contributed by atoms with E-state index in [1.54, 1.807) is 18.4 Å². The fraction of sp³-hybridized carbons (Fsp3) is 0.286. The number of rotatable bonds is 4.